The van der Waals surface area contributed by atoms with Gasteiger partial charge in [-0.1, -0.05) is 115 Å². The Bertz CT molecular complexity index is 2770. The highest BCUT2D eigenvalue weighted by Crippen LogP contribution is 2.39. The van der Waals surface area contributed by atoms with Crippen molar-refractivity contribution in [3.05, 3.63) is 182 Å². The first-order chi connectivity index (χ1) is 24.8. The van der Waals surface area contributed by atoms with Crippen molar-refractivity contribution in [2.45, 2.75) is 0 Å². The lowest BCUT2D eigenvalue weighted by atomic mass is 10.0. The molecule has 0 aliphatic rings. The van der Waals surface area contributed by atoms with Crippen LogP contribution in [0.5, 0.6) is 0 Å². The van der Waals surface area contributed by atoms with Crippen molar-refractivity contribution in [2.24, 2.45) is 0 Å². The molecule has 0 N–H and O–H groups in total. The van der Waals surface area contributed by atoms with E-state index in [4.69, 9.17) is 9.97 Å². The van der Waals surface area contributed by atoms with Gasteiger partial charge in [0, 0.05) is 55.8 Å². The van der Waals surface area contributed by atoms with Gasteiger partial charge >= 0.3 is 0 Å². The molecule has 0 radical (unpaired) electrons. The predicted octanol–water partition coefficient (Wildman–Crippen LogP) is 11.7. The summed E-state index contributed by atoms with van der Waals surface area (Å²) in [5, 5.41) is 6.19. The molecular weight excluding hydrogens is 609 g/mol. The highest BCUT2D eigenvalue weighted by Gasteiger charge is 2.18. The summed E-state index contributed by atoms with van der Waals surface area (Å²) in [6.45, 7) is 0. The van der Waals surface area contributed by atoms with Crippen molar-refractivity contribution in [1.29, 1.82) is 0 Å². The van der Waals surface area contributed by atoms with Crippen molar-refractivity contribution in [3.63, 3.8) is 0 Å². The number of rotatable bonds is 5. The zero-order chi connectivity index (χ0) is 33.0. The van der Waals surface area contributed by atoms with Gasteiger partial charge in [-0.3, -0.25) is 0 Å². The molecule has 4 heteroatoms. The third-order valence-corrected chi connectivity index (χ3v) is 9.78. The fourth-order valence-corrected chi connectivity index (χ4v) is 7.42. The average molecular weight is 639 g/mol. The van der Waals surface area contributed by atoms with E-state index in [9.17, 15) is 0 Å². The van der Waals surface area contributed by atoms with E-state index in [0.717, 1.165) is 39.5 Å². The van der Waals surface area contributed by atoms with Gasteiger partial charge in [-0.15, -0.1) is 0 Å². The van der Waals surface area contributed by atoms with E-state index in [0.29, 0.717) is 5.82 Å². The molecule has 0 aliphatic carbocycles. The zero-order valence-corrected chi connectivity index (χ0v) is 27.1. The van der Waals surface area contributed by atoms with Crippen molar-refractivity contribution >= 4 is 43.5 Å². The topological polar surface area (TPSA) is 35.6 Å². The van der Waals surface area contributed by atoms with E-state index in [-0.39, 0.29) is 0 Å². The van der Waals surface area contributed by atoms with Crippen LogP contribution < -0.4 is 0 Å². The van der Waals surface area contributed by atoms with Crippen molar-refractivity contribution in [3.8, 4) is 45.3 Å². The monoisotopic (exact) mass is 638 g/mol. The highest BCUT2D eigenvalue weighted by molar-refractivity contribution is 6.22. The summed E-state index contributed by atoms with van der Waals surface area (Å²) in [7, 11) is 0. The number of hydrogen-bond donors (Lipinski definition) is 0. The number of hydrogen-bond acceptors (Lipinski definition) is 2. The molecule has 0 atom stereocenters. The second-order valence-corrected chi connectivity index (χ2v) is 12.7. The SMILES string of the molecule is c1ccc(-c2cc(-c3ccccc3)nc(-c3ccc(-n4c5ccccc5c5ccc6c7ccn(-c8ccccc8)c7ccc6c54)cc3)n2)cc1. The summed E-state index contributed by atoms with van der Waals surface area (Å²) in [5.74, 6) is 0.703. The van der Waals surface area contributed by atoms with Crippen LogP contribution in [0.25, 0.3) is 88.8 Å². The van der Waals surface area contributed by atoms with Gasteiger partial charge in [0.05, 0.1) is 27.9 Å². The molecule has 0 amide bonds. The molecule has 0 bridgehead atoms. The minimum atomic E-state index is 0.703. The number of nitrogens with zero attached hydrogens (tertiary/aromatic N) is 4. The van der Waals surface area contributed by atoms with E-state index < -0.39 is 0 Å². The van der Waals surface area contributed by atoms with Gasteiger partial charge in [0.1, 0.15) is 0 Å². The molecule has 0 saturated carbocycles. The summed E-state index contributed by atoms with van der Waals surface area (Å²) in [6, 6.07) is 62.0. The first-order valence-electron chi connectivity index (χ1n) is 16.9. The molecule has 10 rings (SSSR count). The Labute approximate surface area is 289 Å². The molecule has 0 unspecified atom stereocenters. The molecule has 10 aromatic rings. The number of benzene rings is 7. The fraction of sp³-hybridized carbons (Fsp3) is 0. The first-order valence-corrected chi connectivity index (χ1v) is 16.9. The fourth-order valence-electron chi connectivity index (χ4n) is 7.42. The largest absolute Gasteiger partial charge is 0.317 e. The predicted molar refractivity (Wildman–Crippen MR) is 207 cm³/mol. The van der Waals surface area contributed by atoms with Gasteiger partial charge in [-0.2, -0.15) is 0 Å². The van der Waals surface area contributed by atoms with Gasteiger partial charge in [-0.25, -0.2) is 9.97 Å². The summed E-state index contributed by atoms with van der Waals surface area (Å²) >= 11 is 0. The summed E-state index contributed by atoms with van der Waals surface area (Å²) in [4.78, 5) is 10.1. The van der Waals surface area contributed by atoms with E-state index in [2.05, 4.69) is 155 Å². The Kier molecular flexibility index (Phi) is 6.46. The van der Waals surface area contributed by atoms with Crippen molar-refractivity contribution < 1.29 is 0 Å². The molecule has 0 saturated heterocycles. The third kappa shape index (κ3) is 4.54. The van der Waals surface area contributed by atoms with Crippen LogP contribution in [-0.2, 0) is 0 Å². The number of fused-ring (bicyclic) bond motifs is 7. The minimum absolute atomic E-state index is 0.703. The second kappa shape index (κ2) is 11.4. The molecule has 50 heavy (non-hydrogen) atoms. The molecule has 7 aromatic carbocycles. The maximum atomic E-state index is 5.07. The van der Waals surface area contributed by atoms with Gasteiger partial charge in [0.25, 0.3) is 0 Å². The van der Waals surface area contributed by atoms with Crippen LogP contribution in [0.4, 0.5) is 0 Å². The number of aromatic nitrogens is 4. The van der Waals surface area contributed by atoms with Crippen LogP contribution in [-0.4, -0.2) is 19.1 Å². The maximum Gasteiger partial charge on any atom is 0.160 e. The van der Waals surface area contributed by atoms with Crippen molar-refractivity contribution in [1.82, 2.24) is 19.1 Å². The van der Waals surface area contributed by atoms with Crippen molar-refractivity contribution in [2.75, 3.05) is 0 Å². The van der Waals surface area contributed by atoms with Crippen LogP contribution in [0.2, 0.25) is 0 Å². The molecule has 3 aromatic heterocycles. The van der Waals surface area contributed by atoms with Crippen LogP contribution in [0.1, 0.15) is 0 Å². The lowest BCUT2D eigenvalue weighted by Crippen LogP contribution is -1.97. The normalized spacial score (nSPS) is 11.6. The smallest absolute Gasteiger partial charge is 0.160 e. The molecule has 3 heterocycles. The van der Waals surface area contributed by atoms with Crippen LogP contribution in [0.3, 0.4) is 0 Å². The third-order valence-electron chi connectivity index (χ3n) is 9.78. The van der Waals surface area contributed by atoms with Gasteiger partial charge in [0.2, 0.25) is 0 Å². The van der Waals surface area contributed by atoms with Crippen LogP contribution in [0, 0.1) is 0 Å². The number of para-hydroxylation sites is 2. The molecular formula is C46H30N4. The van der Waals surface area contributed by atoms with E-state index >= 15 is 0 Å². The van der Waals surface area contributed by atoms with E-state index in [1.165, 1.54) is 43.5 Å². The zero-order valence-electron chi connectivity index (χ0n) is 27.1. The molecule has 234 valence electrons. The molecule has 0 spiro atoms. The lowest BCUT2D eigenvalue weighted by molar-refractivity contribution is 1.13. The Balaban J connectivity index is 1.14. The Morgan fingerprint density at radius 2 is 0.920 bits per heavy atom. The Morgan fingerprint density at radius 1 is 0.360 bits per heavy atom. The van der Waals surface area contributed by atoms with Gasteiger partial charge in [-0.05, 0) is 66.0 Å². The van der Waals surface area contributed by atoms with Gasteiger partial charge < -0.3 is 9.13 Å². The van der Waals surface area contributed by atoms with E-state index in [1.807, 2.05) is 36.4 Å². The quantitative estimate of drug-likeness (QED) is 0.188. The Hall–Kier alpha value is -6.78. The molecule has 0 aliphatic heterocycles. The second-order valence-electron chi connectivity index (χ2n) is 12.7. The summed E-state index contributed by atoms with van der Waals surface area (Å²) in [5.41, 5.74) is 10.7. The average Bonchev–Trinajstić information content (AvgIpc) is 3.79. The lowest BCUT2D eigenvalue weighted by Gasteiger charge is -2.13. The Morgan fingerprint density at radius 3 is 1.62 bits per heavy atom. The summed E-state index contributed by atoms with van der Waals surface area (Å²) in [6.07, 6.45) is 2.18. The van der Waals surface area contributed by atoms with E-state index in [1.54, 1.807) is 0 Å². The van der Waals surface area contributed by atoms with Crippen LogP contribution >= 0.6 is 0 Å². The standard InChI is InChI=1S/C46H30N4/c1-4-12-31(13-5-1)41-30-42(32-14-6-2-7-15-32)48-46(47-41)33-20-22-35(23-21-33)50-44-19-11-10-18-37(44)40-25-24-36-38-28-29-49(34-16-8-3-9-17-34)43(38)27-26-39(36)45(40)50/h1-30H. The molecule has 4 nitrogen and oxygen atoms in total. The van der Waals surface area contributed by atoms with Gasteiger partial charge in [0.15, 0.2) is 5.82 Å². The minimum Gasteiger partial charge on any atom is -0.317 e. The summed E-state index contributed by atoms with van der Waals surface area (Å²) < 4.78 is 4.68. The molecule has 0 fully saturated rings. The first kappa shape index (κ1) is 28.3. The highest BCUT2D eigenvalue weighted by atomic mass is 15.0. The van der Waals surface area contributed by atoms with Crippen LogP contribution in [0.15, 0.2) is 182 Å². The maximum absolute atomic E-state index is 5.07.